The van der Waals surface area contributed by atoms with Gasteiger partial charge in [0, 0.05) is 21.7 Å². The molecule has 5 N–H and O–H groups in total. The van der Waals surface area contributed by atoms with Gasteiger partial charge in [0.25, 0.3) is 5.91 Å². The molecule has 198 valence electrons. The van der Waals surface area contributed by atoms with E-state index in [9.17, 15) is 14.7 Å². The van der Waals surface area contributed by atoms with Crippen molar-refractivity contribution in [1.82, 2.24) is 0 Å². The molecule has 0 bridgehead atoms. The first kappa shape index (κ1) is 28.4. The number of nitrogens with one attached hydrogen (secondary N) is 1. The van der Waals surface area contributed by atoms with Crippen LogP contribution in [0.2, 0.25) is 0 Å². The molecule has 0 saturated carbocycles. The number of benzene rings is 4. The summed E-state index contributed by atoms with van der Waals surface area (Å²) in [6.45, 7) is 7.34. The molecule has 0 aliphatic carbocycles. The number of phenols is 3. The van der Waals surface area contributed by atoms with Gasteiger partial charge in [-0.3, -0.25) is 9.59 Å². The number of aryl methyl sites for hydroxylation is 4. The fourth-order valence-corrected chi connectivity index (χ4v) is 4.74. The van der Waals surface area contributed by atoms with Crippen molar-refractivity contribution in [2.75, 3.05) is 11.1 Å². The number of hydrogen-bond donors (Lipinski definition) is 5. The third kappa shape index (κ3) is 6.98. The van der Waals surface area contributed by atoms with Crippen LogP contribution in [-0.4, -0.2) is 38.1 Å². The Morgan fingerprint density at radius 2 is 1.39 bits per heavy atom. The van der Waals surface area contributed by atoms with Crippen LogP contribution in [0.1, 0.15) is 39.0 Å². The maximum Gasteiger partial charge on any atom is 0.304 e. The third-order valence-corrected chi connectivity index (χ3v) is 7.01. The molecule has 0 radical (unpaired) electrons. The van der Waals surface area contributed by atoms with Crippen LogP contribution in [0.15, 0.2) is 65.6 Å². The van der Waals surface area contributed by atoms with Crippen molar-refractivity contribution < 1.29 is 30.0 Å². The lowest BCUT2D eigenvalue weighted by Crippen LogP contribution is -2.13. The van der Waals surface area contributed by atoms with Gasteiger partial charge in [0.1, 0.15) is 17.2 Å². The topological polar surface area (TPSA) is 127 Å². The van der Waals surface area contributed by atoms with Gasteiger partial charge in [0.05, 0.1) is 12.0 Å². The van der Waals surface area contributed by atoms with Gasteiger partial charge >= 0.3 is 5.97 Å². The Hall–Kier alpha value is -4.17. The van der Waals surface area contributed by atoms with E-state index in [-0.39, 0.29) is 29.2 Å². The first-order chi connectivity index (χ1) is 18.0. The third-order valence-electron chi connectivity index (χ3n) is 5.95. The highest BCUT2D eigenvalue weighted by molar-refractivity contribution is 7.99. The normalized spacial score (nSPS) is 10.5. The van der Waals surface area contributed by atoms with Gasteiger partial charge in [-0.1, -0.05) is 36.4 Å². The fourth-order valence-electron chi connectivity index (χ4n) is 3.71. The van der Waals surface area contributed by atoms with E-state index < -0.39 is 11.9 Å². The molecule has 4 aromatic carbocycles. The van der Waals surface area contributed by atoms with E-state index in [4.69, 9.17) is 15.3 Å². The molecule has 4 aromatic rings. The predicted octanol–water partition coefficient (Wildman–Crippen LogP) is 6.70. The number of amides is 1. The lowest BCUT2D eigenvalue weighted by molar-refractivity contribution is -0.136. The zero-order chi connectivity index (χ0) is 28.0. The zero-order valence-corrected chi connectivity index (χ0v) is 22.5. The van der Waals surface area contributed by atoms with Crippen LogP contribution in [0.25, 0.3) is 10.8 Å². The highest BCUT2D eigenvalue weighted by Gasteiger charge is 2.18. The standard InChI is InChI=1S/C22H21NO4S.C8H10O2/c1-13-7-8-14(2)18(11-13)23-22(27)17-12-19(28-10-9-20(24)25)15-5-3-4-6-16(15)21(17)26;1-5-3-8(10)6(2)4-7(5)9/h3-8,11-12,26H,9-10H2,1-2H3,(H,23,27)(H,24,25);3-4,9-10H,1-2H3. The van der Waals surface area contributed by atoms with Crippen molar-refractivity contribution in [2.45, 2.75) is 39.0 Å². The van der Waals surface area contributed by atoms with Gasteiger partial charge in [-0.2, -0.15) is 0 Å². The van der Waals surface area contributed by atoms with E-state index in [2.05, 4.69) is 5.32 Å². The summed E-state index contributed by atoms with van der Waals surface area (Å²) in [6, 6.07) is 17.7. The molecular weight excluding hydrogens is 502 g/mol. The SMILES string of the molecule is Cc1cc(O)c(C)cc1O.Cc1ccc(C)c(NC(=O)c2cc(SCCC(=O)O)c3ccccc3c2O)c1. The molecule has 0 aromatic heterocycles. The van der Waals surface area contributed by atoms with Crippen LogP contribution in [0.4, 0.5) is 5.69 Å². The maximum absolute atomic E-state index is 12.9. The molecule has 0 unspecified atom stereocenters. The van der Waals surface area contributed by atoms with Gasteiger partial charge in [-0.15, -0.1) is 11.8 Å². The number of hydrogen-bond acceptors (Lipinski definition) is 6. The van der Waals surface area contributed by atoms with E-state index in [0.717, 1.165) is 21.4 Å². The maximum atomic E-state index is 12.9. The molecule has 38 heavy (non-hydrogen) atoms. The van der Waals surface area contributed by atoms with Crippen LogP contribution in [0, 0.1) is 27.7 Å². The van der Waals surface area contributed by atoms with Crippen LogP contribution in [-0.2, 0) is 4.79 Å². The summed E-state index contributed by atoms with van der Waals surface area (Å²) >= 11 is 1.36. The van der Waals surface area contributed by atoms with Gasteiger partial charge in [0.2, 0.25) is 0 Å². The van der Waals surface area contributed by atoms with E-state index in [0.29, 0.717) is 28.0 Å². The van der Waals surface area contributed by atoms with E-state index >= 15 is 0 Å². The van der Waals surface area contributed by atoms with Crippen molar-refractivity contribution in [3.05, 3.63) is 88.5 Å². The number of rotatable bonds is 6. The average molecular weight is 534 g/mol. The molecule has 0 aliphatic heterocycles. The Kier molecular flexibility index (Phi) is 9.25. The highest BCUT2D eigenvalue weighted by Crippen LogP contribution is 2.37. The van der Waals surface area contributed by atoms with E-state index in [1.165, 1.54) is 11.8 Å². The Labute approximate surface area is 225 Å². The zero-order valence-electron chi connectivity index (χ0n) is 21.7. The number of aliphatic carboxylic acids is 1. The minimum atomic E-state index is -0.872. The van der Waals surface area contributed by atoms with Crippen LogP contribution < -0.4 is 5.32 Å². The molecule has 1 amide bonds. The largest absolute Gasteiger partial charge is 0.508 e. The second-order valence-electron chi connectivity index (χ2n) is 9.01. The monoisotopic (exact) mass is 533 g/mol. The van der Waals surface area contributed by atoms with E-state index in [1.54, 1.807) is 44.2 Å². The molecule has 7 nitrogen and oxygen atoms in total. The smallest absolute Gasteiger partial charge is 0.304 e. The van der Waals surface area contributed by atoms with Crippen LogP contribution in [0.5, 0.6) is 17.2 Å². The van der Waals surface area contributed by atoms with Crippen molar-refractivity contribution in [2.24, 2.45) is 0 Å². The molecular formula is C30H31NO6S. The number of carbonyl (C=O) groups is 2. The number of carbonyl (C=O) groups excluding carboxylic acids is 1. The van der Waals surface area contributed by atoms with Crippen molar-refractivity contribution in [3.8, 4) is 17.2 Å². The van der Waals surface area contributed by atoms with Gasteiger partial charge in [0.15, 0.2) is 0 Å². The van der Waals surface area contributed by atoms with Gasteiger partial charge < -0.3 is 25.7 Å². The summed E-state index contributed by atoms with van der Waals surface area (Å²) < 4.78 is 0. The Morgan fingerprint density at radius 3 is 2.00 bits per heavy atom. The summed E-state index contributed by atoms with van der Waals surface area (Å²) in [7, 11) is 0. The highest BCUT2D eigenvalue weighted by atomic mass is 32.2. The van der Waals surface area contributed by atoms with Gasteiger partial charge in [-0.25, -0.2) is 0 Å². The lowest BCUT2D eigenvalue weighted by Gasteiger charge is -2.14. The molecule has 0 atom stereocenters. The molecule has 0 fully saturated rings. The Morgan fingerprint density at radius 1 is 0.789 bits per heavy atom. The Bertz CT molecular complexity index is 1450. The number of carboxylic acid groups (broad SMARTS) is 1. The predicted molar refractivity (Wildman–Crippen MR) is 152 cm³/mol. The summed E-state index contributed by atoms with van der Waals surface area (Å²) in [5, 5.41) is 42.0. The number of carboxylic acids is 1. The molecule has 0 spiro atoms. The molecule has 0 aliphatic rings. The second kappa shape index (κ2) is 12.4. The lowest BCUT2D eigenvalue weighted by atomic mass is 10.0. The average Bonchev–Trinajstić information content (AvgIpc) is 2.86. The second-order valence-corrected chi connectivity index (χ2v) is 10.1. The number of phenolic OH excluding ortho intramolecular Hbond substituents is 3. The van der Waals surface area contributed by atoms with Crippen LogP contribution >= 0.6 is 11.8 Å². The number of thioether (sulfide) groups is 1. The van der Waals surface area contributed by atoms with Crippen molar-refractivity contribution >= 4 is 40.1 Å². The number of fused-ring (bicyclic) bond motifs is 1. The minimum Gasteiger partial charge on any atom is -0.508 e. The molecule has 8 heteroatoms. The minimum absolute atomic E-state index is 0.0177. The quantitative estimate of drug-likeness (QED) is 0.138. The summed E-state index contributed by atoms with van der Waals surface area (Å²) in [5.41, 5.74) is 4.20. The van der Waals surface area contributed by atoms with Gasteiger partial charge in [-0.05, 0) is 79.6 Å². The number of aromatic hydroxyl groups is 3. The number of anilines is 1. The van der Waals surface area contributed by atoms with Crippen molar-refractivity contribution in [3.63, 3.8) is 0 Å². The molecule has 4 rings (SSSR count). The van der Waals surface area contributed by atoms with Crippen molar-refractivity contribution in [1.29, 1.82) is 0 Å². The Balaban J connectivity index is 0.000000336. The summed E-state index contributed by atoms with van der Waals surface area (Å²) in [5.74, 6) is -0.519. The van der Waals surface area contributed by atoms with E-state index in [1.807, 2.05) is 44.2 Å². The first-order valence-corrected chi connectivity index (χ1v) is 12.9. The first-order valence-electron chi connectivity index (χ1n) is 11.9. The molecule has 0 heterocycles. The molecule has 0 saturated heterocycles. The van der Waals surface area contributed by atoms with Crippen LogP contribution in [0.3, 0.4) is 0 Å². The summed E-state index contributed by atoms with van der Waals surface area (Å²) in [6.07, 6.45) is 0.0177. The fraction of sp³-hybridized carbons (Fsp3) is 0.200. The summed E-state index contributed by atoms with van der Waals surface area (Å²) in [4.78, 5) is 24.5.